The van der Waals surface area contributed by atoms with Gasteiger partial charge in [0.25, 0.3) is 0 Å². The molecule has 2 aromatic heterocycles. The first-order valence-electron chi connectivity index (χ1n) is 4.99. The van der Waals surface area contributed by atoms with E-state index in [0.29, 0.717) is 5.82 Å². The zero-order chi connectivity index (χ0) is 11.1. The van der Waals surface area contributed by atoms with Crippen molar-refractivity contribution in [3.05, 3.63) is 30.2 Å². The fourth-order valence-corrected chi connectivity index (χ4v) is 1.50. The summed E-state index contributed by atoms with van der Waals surface area (Å²) in [4.78, 5) is 8.46. The van der Waals surface area contributed by atoms with Gasteiger partial charge in [0.15, 0.2) is 0 Å². The predicted octanol–water partition coefficient (Wildman–Crippen LogP) is 2.51. The lowest BCUT2D eigenvalue weighted by Crippen LogP contribution is -2.13. The zero-order valence-corrected chi connectivity index (χ0v) is 9.28. The van der Waals surface area contributed by atoms with Crippen LogP contribution in [0.2, 0.25) is 0 Å². The Balaban J connectivity index is 2.68. The molecule has 0 aromatic carbocycles. The molecular weight excluding hydrogens is 186 g/mol. The molecule has 78 valence electrons. The number of pyridine rings is 2. The molecule has 0 aliphatic carbocycles. The van der Waals surface area contributed by atoms with Gasteiger partial charge < -0.3 is 5.73 Å². The highest BCUT2D eigenvalue weighted by Gasteiger charge is 2.15. The van der Waals surface area contributed by atoms with E-state index in [2.05, 4.69) is 36.8 Å². The van der Waals surface area contributed by atoms with Crippen LogP contribution in [-0.4, -0.2) is 9.97 Å². The lowest BCUT2D eigenvalue weighted by molar-refractivity contribution is 0.570. The number of rotatable bonds is 0. The second kappa shape index (κ2) is 3.19. The van der Waals surface area contributed by atoms with Gasteiger partial charge in [-0.2, -0.15) is 0 Å². The monoisotopic (exact) mass is 201 g/mol. The molecule has 15 heavy (non-hydrogen) atoms. The summed E-state index contributed by atoms with van der Waals surface area (Å²) in [5.74, 6) is 0.542. The van der Waals surface area contributed by atoms with Gasteiger partial charge in [-0.1, -0.05) is 20.8 Å². The molecule has 0 fully saturated rings. The van der Waals surface area contributed by atoms with E-state index in [4.69, 9.17) is 5.73 Å². The summed E-state index contributed by atoms with van der Waals surface area (Å²) >= 11 is 0. The number of nitrogens with two attached hydrogens (primary N) is 1. The first-order chi connectivity index (χ1) is 6.98. The Morgan fingerprint density at radius 3 is 2.60 bits per heavy atom. The number of aromatic nitrogens is 2. The number of hydrogen-bond acceptors (Lipinski definition) is 3. The second-order valence-electron chi connectivity index (χ2n) is 4.74. The molecule has 0 unspecified atom stereocenters. The summed E-state index contributed by atoms with van der Waals surface area (Å²) in [5, 5.41) is 2.02. The first-order valence-corrected chi connectivity index (χ1v) is 4.99. The minimum atomic E-state index is 0.0617. The summed E-state index contributed by atoms with van der Waals surface area (Å²) in [5.41, 5.74) is 6.90. The van der Waals surface area contributed by atoms with Crippen LogP contribution in [0.3, 0.4) is 0 Å². The largest absolute Gasteiger partial charge is 0.383 e. The van der Waals surface area contributed by atoms with E-state index in [1.807, 2.05) is 6.07 Å². The van der Waals surface area contributed by atoms with Crippen LogP contribution >= 0.6 is 0 Å². The topological polar surface area (TPSA) is 51.8 Å². The molecule has 3 nitrogen and oxygen atoms in total. The average Bonchev–Trinajstić information content (AvgIpc) is 2.16. The highest BCUT2D eigenvalue weighted by Crippen LogP contribution is 2.25. The van der Waals surface area contributed by atoms with Gasteiger partial charge in [-0.15, -0.1) is 0 Å². The molecule has 0 bridgehead atoms. The van der Waals surface area contributed by atoms with Crippen molar-refractivity contribution in [1.82, 2.24) is 9.97 Å². The van der Waals surface area contributed by atoms with Crippen molar-refractivity contribution in [2.24, 2.45) is 0 Å². The van der Waals surface area contributed by atoms with Crippen molar-refractivity contribution in [2.75, 3.05) is 5.73 Å². The minimum Gasteiger partial charge on any atom is -0.383 e. The Morgan fingerprint density at radius 1 is 1.20 bits per heavy atom. The van der Waals surface area contributed by atoms with Gasteiger partial charge in [0.1, 0.15) is 5.82 Å². The van der Waals surface area contributed by atoms with Crippen molar-refractivity contribution in [1.29, 1.82) is 0 Å². The standard InChI is InChI=1S/C12H15N3/c1-12(2,3)10-6-8-4-5-14-11(13)9(8)7-15-10/h4-7H,1-3H3,(H2,13,14). The minimum absolute atomic E-state index is 0.0617. The van der Waals surface area contributed by atoms with Gasteiger partial charge in [-0.25, -0.2) is 4.98 Å². The van der Waals surface area contributed by atoms with Crippen LogP contribution in [0.5, 0.6) is 0 Å². The van der Waals surface area contributed by atoms with Gasteiger partial charge in [-0.3, -0.25) is 4.98 Å². The van der Waals surface area contributed by atoms with Gasteiger partial charge in [-0.05, 0) is 17.5 Å². The molecule has 2 heterocycles. The van der Waals surface area contributed by atoms with Crippen LogP contribution < -0.4 is 5.73 Å². The Hall–Kier alpha value is -1.64. The van der Waals surface area contributed by atoms with Crippen molar-refractivity contribution >= 4 is 16.6 Å². The van der Waals surface area contributed by atoms with Gasteiger partial charge in [0, 0.05) is 28.9 Å². The molecule has 0 aliphatic rings. The fourth-order valence-electron chi connectivity index (χ4n) is 1.50. The first kappa shape index (κ1) is 9.90. The van der Waals surface area contributed by atoms with E-state index < -0.39 is 0 Å². The third kappa shape index (κ3) is 1.77. The Morgan fingerprint density at radius 2 is 1.93 bits per heavy atom. The molecule has 2 N–H and O–H groups in total. The van der Waals surface area contributed by atoms with Crippen LogP contribution in [0.1, 0.15) is 26.5 Å². The maximum Gasteiger partial charge on any atom is 0.132 e. The summed E-state index contributed by atoms with van der Waals surface area (Å²) < 4.78 is 0. The third-order valence-electron chi connectivity index (χ3n) is 2.45. The maximum absolute atomic E-state index is 5.76. The van der Waals surface area contributed by atoms with Crippen molar-refractivity contribution in [2.45, 2.75) is 26.2 Å². The average molecular weight is 201 g/mol. The zero-order valence-electron chi connectivity index (χ0n) is 9.28. The van der Waals surface area contributed by atoms with E-state index >= 15 is 0 Å². The lowest BCUT2D eigenvalue weighted by atomic mass is 9.91. The normalized spacial score (nSPS) is 11.9. The van der Waals surface area contributed by atoms with E-state index in [0.717, 1.165) is 16.5 Å². The predicted molar refractivity (Wildman–Crippen MR) is 62.7 cm³/mol. The molecule has 2 rings (SSSR count). The summed E-state index contributed by atoms with van der Waals surface area (Å²) in [6.07, 6.45) is 3.53. The van der Waals surface area contributed by atoms with Crippen molar-refractivity contribution in [3.8, 4) is 0 Å². The molecule has 0 saturated carbocycles. The smallest absolute Gasteiger partial charge is 0.132 e. The highest BCUT2D eigenvalue weighted by atomic mass is 14.8. The molecule has 0 aliphatic heterocycles. The number of fused-ring (bicyclic) bond motifs is 1. The Labute approximate surface area is 89.4 Å². The summed E-state index contributed by atoms with van der Waals surface area (Å²) in [7, 11) is 0. The van der Waals surface area contributed by atoms with Crippen LogP contribution in [0.15, 0.2) is 24.5 Å². The molecular formula is C12H15N3. The van der Waals surface area contributed by atoms with Crippen LogP contribution in [0.25, 0.3) is 10.8 Å². The van der Waals surface area contributed by atoms with Crippen LogP contribution in [-0.2, 0) is 5.41 Å². The number of nitrogen functional groups attached to an aromatic ring is 1. The van der Waals surface area contributed by atoms with Crippen molar-refractivity contribution < 1.29 is 0 Å². The second-order valence-corrected chi connectivity index (χ2v) is 4.74. The van der Waals surface area contributed by atoms with Crippen molar-refractivity contribution in [3.63, 3.8) is 0 Å². The van der Waals surface area contributed by atoms with Gasteiger partial charge in [0.05, 0.1) is 0 Å². The van der Waals surface area contributed by atoms with Crippen LogP contribution in [0.4, 0.5) is 5.82 Å². The maximum atomic E-state index is 5.76. The summed E-state index contributed by atoms with van der Waals surface area (Å²) in [6, 6.07) is 4.04. The molecule has 0 amide bonds. The number of hydrogen-bond donors (Lipinski definition) is 1. The molecule has 0 radical (unpaired) electrons. The van der Waals surface area contributed by atoms with E-state index in [-0.39, 0.29) is 5.41 Å². The Kier molecular flexibility index (Phi) is 2.11. The molecule has 3 heteroatoms. The van der Waals surface area contributed by atoms with Gasteiger partial charge in [0.2, 0.25) is 0 Å². The van der Waals surface area contributed by atoms with E-state index in [1.54, 1.807) is 12.4 Å². The Bertz CT molecular complexity index is 498. The molecule has 0 saturated heterocycles. The highest BCUT2D eigenvalue weighted by molar-refractivity contribution is 5.90. The SMILES string of the molecule is CC(C)(C)c1cc2ccnc(N)c2cn1. The number of anilines is 1. The van der Waals surface area contributed by atoms with Crippen LogP contribution in [0, 0.1) is 0 Å². The van der Waals surface area contributed by atoms with E-state index in [1.165, 1.54) is 0 Å². The lowest BCUT2D eigenvalue weighted by Gasteiger charge is -2.17. The summed E-state index contributed by atoms with van der Waals surface area (Å²) in [6.45, 7) is 6.43. The number of nitrogens with zero attached hydrogens (tertiary/aromatic N) is 2. The molecule has 0 spiro atoms. The van der Waals surface area contributed by atoms with E-state index in [9.17, 15) is 0 Å². The fraction of sp³-hybridized carbons (Fsp3) is 0.333. The third-order valence-corrected chi connectivity index (χ3v) is 2.45. The quantitative estimate of drug-likeness (QED) is 0.712. The van der Waals surface area contributed by atoms with Gasteiger partial charge >= 0.3 is 0 Å². The molecule has 2 aromatic rings. The molecule has 0 atom stereocenters.